The van der Waals surface area contributed by atoms with Crippen LogP contribution in [-0.4, -0.2) is 61.1 Å². The van der Waals surface area contributed by atoms with Gasteiger partial charge in [0.2, 0.25) is 10.0 Å². The van der Waals surface area contributed by atoms with Gasteiger partial charge < -0.3 is 5.11 Å². The molecule has 2 aliphatic rings. The molecule has 6 heteroatoms. The van der Waals surface area contributed by atoms with Gasteiger partial charge in [-0.1, -0.05) is 61.2 Å². The molecule has 33 heavy (non-hydrogen) atoms. The van der Waals surface area contributed by atoms with Crippen molar-refractivity contribution in [2.45, 2.75) is 56.4 Å². The van der Waals surface area contributed by atoms with Crippen LogP contribution in [0.2, 0.25) is 0 Å². The summed E-state index contributed by atoms with van der Waals surface area (Å²) >= 11 is 0. The SMILES string of the molecule is CCCC#Cc1ccc([C@@H]2[C@@H](CO)N3CCCCN(S(=O)(=O)Cc4ccccc4)C[C@H]23)cc1. The van der Waals surface area contributed by atoms with E-state index in [1.54, 1.807) is 4.31 Å². The Bertz CT molecular complexity index is 1070. The summed E-state index contributed by atoms with van der Waals surface area (Å²) in [5.74, 6) is 6.52. The van der Waals surface area contributed by atoms with Crippen molar-refractivity contribution in [3.63, 3.8) is 0 Å². The lowest BCUT2D eigenvalue weighted by Gasteiger charge is -2.57. The molecule has 3 atom stereocenters. The molecule has 0 unspecified atom stereocenters. The van der Waals surface area contributed by atoms with Crippen LogP contribution in [0.15, 0.2) is 54.6 Å². The van der Waals surface area contributed by atoms with E-state index < -0.39 is 10.0 Å². The summed E-state index contributed by atoms with van der Waals surface area (Å²) in [5.41, 5.74) is 2.96. The molecule has 0 saturated carbocycles. The minimum absolute atomic E-state index is 0.0276. The molecule has 0 spiro atoms. The van der Waals surface area contributed by atoms with E-state index in [0.29, 0.717) is 13.1 Å². The van der Waals surface area contributed by atoms with Crippen LogP contribution in [0.3, 0.4) is 0 Å². The highest BCUT2D eigenvalue weighted by Gasteiger charge is 2.50. The average molecular weight is 467 g/mol. The van der Waals surface area contributed by atoms with Crippen molar-refractivity contribution in [2.75, 3.05) is 26.2 Å². The molecule has 0 amide bonds. The molecule has 2 aromatic rings. The predicted molar refractivity (Wildman–Crippen MR) is 132 cm³/mol. The fourth-order valence-electron chi connectivity index (χ4n) is 5.12. The maximum absolute atomic E-state index is 13.3. The van der Waals surface area contributed by atoms with Gasteiger partial charge in [-0.15, -0.1) is 0 Å². The molecule has 0 aromatic heterocycles. The van der Waals surface area contributed by atoms with Gasteiger partial charge in [-0.05, 0) is 49.1 Å². The van der Waals surface area contributed by atoms with Gasteiger partial charge in [-0.25, -0.2) is 12.7 Å². The Balaban J connectivity index is 1.54. The summed E-state index contributed by atoms with van der Waals surface area (Å²) < 4.78 is 28.3. The number of rotatable bonds is 6. The van der Waals surface area contributed by atoms with Gasteiger partial charge in [0, 0.05) is 43.1 Å². The number of hydrogen-bond donors (Lipinski definition) is 1. The standard InChI is InChI=1S/C27H34N2O3S/c1-2-3-5-10-22-13-15-24(16-14-22)27-25-19-28(17-8-9-18-29(25)26(27)20-30)33(31,32)21-23-11-6-4-7-12-23/h4,6-7,11-16,25-27,30H,2-3,8-9,17-21H2,1H3/t25-,26-,27+/m1/s1. The van der Waals surface area contributed by atoms with Crippen molar-refractivity contribution in [3.05, 3.63) is 71.3 Å². The topological polar surface area (TPSA) is 60.9 Å². The molecular weight excluding hydrogens is 432 g/mol. The molecule has 2 aliphatic heterocycles. The fourth-order valence-corrected chi connectivity index (χ4v) is 6.70. The minimum Gasteiger partial charge on any atom is -0.395 e. The van der Waals surface area contributed by atoms with Gasteiger partial charge in [0.25, 0.3) is 0 Å². The Labute approximate surface area is 198 Å². The zero-order chi connectivity index (χ0) is 23.3. The highest BCUT2D eigenvalue weighted by atomic mass is 32.2. The highest BCUT2D eigenvalue weighted by Crippen LogP contribution is 2.42. The molecule has 5 nitrogen and oxygen atoms in total. The second-order valence-electron chi connectivity index (χ2n) is 9.06. The number of nitrogens with zero attached hydrogens (tertiary/aromatic N) is 2. The van der Waals surface area contributed by atoms with Crippen LogP contribution in [0.4, 0.5) is 0 Å². The van der Waals surface area contributed by atoms with Crippen molar-refractivity contribution in [1.29, 1.82) is 0 Å². The molecule has 0 aliphatic carbocycles. The molecule has 2 fully saturated rings. The van der Waals surface area contributed by atoms with Crippen LogP contribution in [0.25, 0.3) is 0 Å². The normalized spacial score (nSPS) is 24.0. The third-order valence-electron chi connectivity index (χ3n) is 6.82. The summed E-state index contributed by atoms with van der Waals surface area (Å²) in [5, 5.41) is 10.1. The van der Waals surface area contributed by atoms with Gasteiger partial charge in [0.15, 0.2) is 0 Å². The van der Waals surface area contributed by atoms with E-state index in [9.17, 15) is 13.5 Å². The minimum atomic E-state index is -3.42. The van der Waals surface area contributed by atoms with Crippen LogP contribution in [-0.2, 0) is 15.8 Å². The molecule has 2 heterocycles. The van der Waals surface area contributed by atoms with Crippen molar-refractivity contribution < 1.29 is 13.5 Å². The predicted octanol–water partition coefficient (Wildman–Crippen LogP) is 3.59. The number of aliphatic hydroxyl groups is 1. The summed E-state index contributed by atoms with van der Waals surface area (Å²) in [6, 6.07) is 17.8. The Morgan fingerprint density at radius 3 is 2.45 bits per heavy atom. The van der Waals surface area contributed by atoms with Gasteiger partial charge in [0.05, 0.1) is 12.4 Å². The molecule has 2 aromatic carbocycles. The van der Waals surface area contributed by atoms with Crippen LogP contribution in [0.5, 0.6) is 0 Å². The Hall–Kier alpha value is -2.17. The largest absolute Gasteiger partial charge is 0.395 e. The number of benzene rings is 2. The maximum Gasteiger partial charge on any atom is 0.218 e. The zero-order valence-corrected chi connectivity index (χ0v) is 20.2. The van der Waals surface area contributed by atoms with Crippen LogP contribution in [0.1, 0.15) is 55.2 Å². The third kappa shape index (κ3) is 5.50. The second kappa shape index (κ2) is 10.8. The van der Waals surface area contributed by atoms with E-state index in [4.69, 9.17) is 0 Å². The van der Waals surface area contributed by atoms with Gasteiger partial charge in [-0.3, -0.25) is 4.90 Å². The maximum atomic E-state index is 13.3. The monoisotopic (exact) mass is 466 g/mol. The summed E-state index contributed by atoms with van der Waals surface area (Å²) in [6.07, 6.45) is 3.71. The summed E-state index contributed by atoms with van der Waals surface area (Å²) in [6.45, 7) is 4.12. The average Bonchev–Trinajstić information content (AvgIpc) is 2.79. The Morgan fingerprint density at radius 2 is 1.76 bits per heavy atom. The number of hydrogen-bond acceptors (Lipinski definition) is 4. The smallest absolute Gasteiger partial charge is 0.218 e. The van der Waals surface area contributed by atoms with Crippen molar-refractivity contribution in [3.8, 4) is 11.8 Å². The van der Waals surface area contributed by atoms with Crippen LogP contribution in [0, 0.1) is 11.8 Å². The molecule has 0 bridgehead atoms. The van der Waals surface area contributed by atoms with Gasteiger partial charge >= 0.3 is 0 Å². The van der Waals surface area contributed by atoms with Crippen molar-refractivity contribution in [1.82, 2.24) is 9.21 Å². The molecule has 1 N–H and O–H groups in total. The van der Waals surface area contributed by atoms with Crippen molar-refractivity contribution >= 4 is 10.0 Å². The van der Waals surface area contributed by atoms with E-state index >= 15 is 0 Å². The van der Waals surface area contributed by atoms with Gasteiger partial charge in [-0.2, -0.15) is 0 Å². The van der Waals surface area contributed by atoms with E-state index in [1.165, 1.54) is 0 Å². The summed E-state index contributed by atoms with van der Waals surface area (Å²) in [4.78, 5) is 2.31. The lowest BCUT2D eigenvalue weighted by Crippen LogP contribution is -2.67. The lowest BCUT2D eigenvalue weighted by molar-refractivity contribution is -0.0554. The third-order valence-corrected chi connectivity index (χ3v) is 8.64. The molecule has 2 saturated heterocycles. The van der Waals surface area contributed by atoms with Gasteiger partial charge in [0.1, 0.15) is 0 Å². The first-order valence-electron chi connectivity index (χ1n) is 12.0. The molecule has 4 rings (SSSR count). The van der Waals surface area contributed by atoms with Crippen LogP contribution >= 0.6 is 0 Å². The van der Waals surface area contributed by atoms with Crippen molar-refractivity contribution in [2.24, 2.45) is 0 Å². The first kappa shape index (κ1) is 24.0. The van der Waals surface area contributed by atoms with Crippen LogP contribution < -0.4 is 0 Å². The lowest BCUT2D eigenvalue weighted by atomic mass is 9.74. The zero-order valence-electron chi connectivity index (χ0n) is 19.4. The Morgan fingerprint density at radius 1 is 1.03 bits per heavy atom. The number of sulfonamides is 1. The fraction of sp³-hybridized carbons (Fsp3) is 0.481. The Kier molecular flexibility index (Phi) is 7.87. The van der Waals surface area contributed by atoms with E-state index in [2.05, 4.69) is 35.8 Å². The molecule has 0 radical (unpaired) electrons. The molecule has 176 valence electrons. The first-order chi connectivity index (χ1) is 16.0. The number of aliphatic hydroxyl groups excluding tert-OH is 1. The highest BCUT2D eigenvalue weighted by molar-refractivity contribution is 7.88. The van der Waals surface area contributed by atoms with E-state index in [-0.39, 0.29) is 30.4 Å². The molecular formula is C27H34N2O3S. The number of unbranched alkanes of at least 4 members (excludes halogenated alkanes) is 1. The van der Waals surface area contributed by atoms with E-state index in [0.717, 1.165) is 48.9 Å². The second-order valence-corrected chi connectivity index (χ2v) is 11.0. The summed E-state index contributed by atoms with van der Waals surface area (Å²) in [7, 11) is -3.42. The van der Waals surface area contributed by atoms with E-state index in [1.807, 2.05) is 42.5 Å². The number of fused-ring (bicyclic) bond motifs is 1. The first-order valence-corrected chi connectivity index (χ1v) is 13.6. The quantitative estimate of drug-likeness (QED) is 0.661.